The first kappa shape index (κ1) is 17.2. The fraction of sp³-hybridized carbons (Fsp3) is 0.900. The lowest BCUT2D eigenvalue weighted by Crippen LogP contribution is -2.51. The van der Waals surface area contributed by atoms with Gasteiger partial charge in [-0.25, -0.2) is 4.79 Å². The lowest BCUT2D eigenvalue weighted by Gasteiger charge is -2.36. The molecule has 25 heavy (non-hydrogen) atoms. The highest BCUT2D eigenvalue weighted by atomic mass is 16.2. The normalized spacial score (nSPS) is 32.4. The van der Waals surface area contributed by atoms with Crippen LogP contribution in [0.4, 0.5) is 4.79 Å². The largest absolute Gasteiger partial charge is 0.342 e. The Hall–Kier alpha value is -1.26. The van der Waals surface area contributed by atoms with Crippen LogP contribution in [-0.2, 0) is 4.79 Å². The first-order valence-electron chi connectivity index (χ1n) is 10.3. The van der Waals surface area contributed by atoms with Crippen molar-refractivity contribution in [1.29, 1.82) is 0 Å². The van der Waals surface area contributed by atoms with Gasteiger partial charge in [0.25, 0.3) is 0 Å². The van der Waals surface area contributed by atoms with E-state index in [0.29, 0.717) is 23.2 Å². The zero-order valence-electron chi connectivity index (χ0n) is 15.8. The third-order valence-corrected chi connectivity index (χ3v) is 7.50. The summed E-state index contributed by atoms with van der Waals surface area (Å²) in [5.41, 5.74) is 0.446. The topological polar surface area (TPSA) is 52.7 Å². The average Bonchev–Trinajstić information content (AvgIpc) is 2.99. The molecule has 0 unspecified atom stereocenters. The van der Waals surface area contributed by atoms with Crippen LogP contribution in [0.1, 0.15) is 58.8 Å². The van der Waals surface area contributed by atoms with Gasteiger partial charge in [0, 0.05) is 38.1 Å². The van der Waals surface area contributed by atoms with Gasteiger partial charge in [0.15, 0.2) is 0 Å². The van der Waals surface area contributed by atoms with E-state index < -0.39 is 0 Å². The second kappa shape index (κ2) is 6.48. The summed E-state index contributed by atoms with van der Waals surface area (Å²) in [4.78, 5) is 29.2. The number of nitrogens with one attached hydrogen (secondary N) is 1. The maximum atomic E-state index is 12.6. The van der Waals surface area contributed by atoms with E-state index >= 15 is 0 Å². The van der Waals surface area contributed by atoms with E-state index in [9.17, 15) is 9.59 Å². The Bertz CT molecular complexity index is 519. The molecule has 0 aromatic rings. The van der Waals surface area contributed by atoms with Crippen molar-refractivity contribution < 1.29 is 9.59 Å². The summed E-state index contributed by atoms with van der Waals surface area (Å²) < 4.78 is 0. The molecule has 0 aromatic carbocycles. The van der Waals surface area contributed by atoms with Gasteiger partial charge < -0.3 is 15.1 Å². The van der Waals surface area contributed by atoms with E-state index in [4.69, 9.17) is 0 Å². The minimum absolute atomic E-state index is 0.111. The maximum Gasteiger partial charge on any atom is 0.317 e. The summed E-state index contributed by atoms with van der Waals surface area (Å²) in [5.74, 6) is 2.03. The molecule has 2 saturated carbocycles. The molecule has 0 spiro atoms. The highest BCUT2D eigenvalue weighted by Crippen LogP contribution is 2.61. The Balaban J connectivity index is 1.20. The number of likely N-dealkylation sites (tertiary alicyclic amines) is 2. The molecule has 4 fully saturated rings. The van der Waals surface area contributed by atoms with Crippen LogP contribution in [0.15, 0.2) is 0 Å². The first-order valence-corrected chi connectivity index (χ1v) is 10.3. The molecule has 5 heteroatoms. The fourth-order valence-corrected chi connectivity index (χ4v) is 5.42. The molecule has 2 atom stereocenters. The number of carbonyl (C=O) groups excluding carboxylic acids is 2. The van der Waals surface area contributed by atoms with Crippen molar-refractivity contribution in [1.82, 2.24) is 15.1 Å². The molecule has 0 bridgehead atoms. The number of amides is 3. The van der Waals surface area contributed by atoms with Crippen molar-refractivity contribution in [2.24, 2.45) is 23.2 Å². The average molecular weight is 348 g/mol. The smallest absolute Gasteiger partial charge is 0.317 e. The minimum Gasteiger partial charge on any atom is -0.342 e. The van der Waals surface area contributed by atoms with Crippen LogP contribution in [0.3, 0.4) is 0 Å². The van der Waals surface area contributed by atoms with Crippen LogP contribution < -0.4 is 5.32 Å². The molecular formula is C20H33N3O2. The zero-order valence-corrected chi connectivity index (χ0v) is 15.8. The van der Waals surface area contributed by atoms with Crippen molar-refractivity contribution >= 4 is 11.9 Å². The number of rotatable bonds is 2. The Kier molecular flexibility index (Phi) is 4.45. The number of piperidine rings is 2. The Morgan fingerprint density at radius 1 is 0.880 bits per heavy atom. The van der Waals surface area contributed by atoms with Gasteiger partial charge in [0.2, 0.25) is 5.91 Å². The molecule has 0 aromatic heterocycles. The lowest BCUT2D eigenvalue weighted by atomic mass is 9.87. The SMILES string of the molecule is CC1(C)[C@@H]2CN(C(=O)NC3CCN(C(=O)C4CCCCC4)CC3)C[C@@H]21. The van der Waals surface area contributed by atoms with Crippen molar-refractivity contribution in [3.63, 3.8) is 0 Å². The van der Waals surface area contributed by atoms with Gasteiger partial charge in [-0.1, -0.05) is 33.1 Å². The van der Waals surface area contributed by atoms with E-state index in [0.717, 1.165) is 51.9 Å². The fourth-order valence-electron chi connectivity index (χ4n) is 5.42. The summed E-state index contributed by atoms with van der Waals surface area (Å²) >= 11 is 0. The number of carbonyl (C=O) groups is 2. The molecule has 2 heterocycles. The van der Waals surface area contributed by atoms with E-state index in [-0.39, 0.29) is 18.0 Å². The molecule has 3 amide bonds. The predicted molar refractivity (Wildman–Crippen MR) is 97.0 cm³/mol. The lowest BCUT2D eigenvalue weighted by molar-refractivity contribution is -0.137. The minimum atomic E-state index is 0.111. The maximum absolute atomic E-state index is 12.6. The molecular weight excluding hydrogens is 314 g/mol. The van der Waals surface area contributed by atoms with Crippen LogP contribution in [0, 0.1) is 23.2 Å². The summed E-state index contributed by atoms with van der Waals surface area (Å²) in [6, 6.07) is 0.341. The van der Waals surface area contributed by atoms with Gasteiger partial charge in [-0.2, -0.15) is 0 Å². The second-order valence-corrected chi connectivity index (χ2v) is 9.32. The Labute approximate surface area is 151 Å². The molecule has 2 aliphatic heterocycles. The van der Waals surface area contributed by atoms with Gasteiger partial charge in [0.1, 0.15) is 0 Å². The van der Waals surface area contributed by atoms with Crippen LogP contribution >= 0.6 is 0 Å². The van der Waals surface area contributed by atoms with Gasteiger partial charge >= 0.3 is 6.03 Å². The quantitative estimate of drug-likeness (QED) is 0.835. The molecule has 4 aliphatic rings. The van der Waals surface area contributed by atoms with Crippen molar-refractivity contribution in [3.8, 4) is 0 Å². The molecule has 1 N–H and O–H groups in total. The molecule has 4 rings (SSSR count). The number of hydrogen-bond donors (Lipinski definition) is 1. The molecule has 5 nitrogen and oxygen atoms in total. The highest BCUT2D eigenvalue weighted by molar-refractivity contribution is 5.79. The Morgan fingerprint density at radius 2 is 1.48 bits per heavy atom. The number of fused-ring (bicyclic) bond motifs is 1. The van der Waals surface area contributed by atoms with Crippen LogP contribution in [0.2, 0.25) is 0 Å². The summed E-state index contributed by atoms with van der Waals surface area (Å²) in [6.07, 6.45) is 7.64. The number of hydrogen-bond acceptors (Lipinski definition) is 2. The third-order valence-electron chi connectivity index (χ3n) is 7.50. The highest BCUT2D eigenvalue weighted by Gasteiger charge is 2.62. The summed E-state index contributed by atoms with van der Waals surface area (Å²) in [5, 5.41) is 3.22. The third kappa shape index (κ3) is 3.26. The monoisotopic (exact) mass is 347 g/mol. The van der Waals surface area contributed by atoms with Crippen LogP contribution in [0.5, 0.6) is 0 Å². The molecule has 2 aliphatic carbocycles. The molecule has 2 saturated heterocycles. The van der Waals surface area contributed by atoms with Crippen molar-refractivity contribution in [2.45, 2.75) is 64.8 Å². The van der Waals surface area contributed by atoms with Crippen LogP contribution in [0.25, 0.3) is 0 Å². The molecule has 140 valence electrons. The summed E-state index contributed by atoms with van der Waals surface area (Å²) in [7, 11) is 0. The van der Waals surface area contributed by atoms with E-state index in [2.05, 4.69) is 19.2 Å². The first-order chi connectivity index (χ1) is 12.0. The van der Waals surface area contributed by atoms with Crippen LogP contribution in [-0.4, -0.2) is 54.0 Å². The summed E-state index contributed by atoms with van der Waals surface area (Å²) in [6.45, 7) is 8.08. The van der Waals surface area contributed by atoms with Crippen molar-refractivity contribution in [3.05, 3.63) is 0 Å². The van der Waals surface area contributed by atoms with Gasteiger partial charge in [0.05, 0.1) is 0 Å². The number of urea groups is 1. The molecule has 0 radical (unpaired) electrons. The van der Waals surface area contributed by atoms with E-state index in [1.54, 1.807) is 0 Å². The predicted octanol–water partition coefficient (Wildman–Crippen LogP) is 2.86. The van der Waals surface area contributed by atoms with E-state index in [1.165, 1.54) is 19.3 Å². The van der Waals surface area contributed by atoms with E-state index in [1.807, 2.05) is 9.80 Å². The van der Waals surface area contributed by atoms with Gasteiger partial charge in [-0.15, -0.1) is 0 Å². The number of nitrogens with zero attached hydrogens (tertiary/aromatic N) is 2. The van der Waals surface area contributed by atoms with Gasteiger partial charge in [-0.3, -0.25) is 4.79 Å². The standard InChI is InChI=1S/C20H33N3O2/c1-20(2)16-12-23(13-17(16)20)19(25)21-15-8-10-22(11-9-15)18(24)14-6-4-3-5-7-14/h14-17H,3-13H2,1-2H3,(H,21,25)/t16-,17+. The Morgan fingerprint density at radius 3 is 2.08 bits per heavy atom. The zero-order chi connectivity index (χ0) is 17.6. The van der Waals surface area contributed by atoms with Gasteiger partial charge in [-0.05, 0) is 42.9 Å². The second-order valence-electron chi connectivity index (χ2n) is 9.32. The van der Waals surface area contributed by atoms with Crippen molar-refractivity contribution in [2.75, 3.05) is 26.2 Å².